The van der Waals surface area contributed by atoms with Crippen molar-refractivity contribution in [3.8, 4) is 16.3 Å². The van der Waals surface area contributed by atoms with Crippen LogP contribution in [0, 0.1) is 0 Å². The van der Waals surface area contributed by atoms with E-state index in [1.807, 2.05) is 54.6 Å². The second kappa shape index (κ2) is 9.27. The number of halogens is 1. The molecular formula is C23H17ClN2OS2. The summed E-state index contributed by atoms with van der Waals surface area (Å²) < 4.78 is 0. The average Bonchev–Trinajstić information content (AvgIpc) is 3.22. The molecule has 0 radical (unpaired) electrons. The Morgan fingerprint density at radius 2 is 1.76 bits per heavy atom. The van der Waals surface area contributed by atoms with Crippen LogP contribution in [0.3, 0.4) is 0 Å². The number of aromatic nitrogens is 1. The molecule has 144 valence electrons. The highest BCUT2D eigenvalue weighted by molar-refractivity contribution is 7.98. The monoisotopic (exact) mass is 436 g/mol. The Labute approximate surface area is 182 Å². The number of para-hydroxylation sites is 2. The number of phenols is 1. The van der Waals surface area contributed by atoms with E-state index < -0.39 is 0 Å². The first-order chi connectivity index (χ1) is 14.2. The Balaban J connectivity index is 1.47. The summed E-state index contributed by atoms with van der Waals surface area (Å²) in [6.45, 7) is 0. The summed E-state index contributed by atoms with van der Waals surface area (Å²) in [6, 6.07) is 22.9. The number of nitrogens with zero attached hydrogens (tertiary/aromatic N) is 2. The van der Waals surface area contributed by atoms with Crippen LogP contribution in [0.2, 0.25) is 5.02 Å². The van der Waals surface area contributed by atoms with Crippen molar-refractivity contribution in [2.75, 3.05) is 0 Å². The van der Waals surface area contributed by atoms with Gasteiger partial charge in [0.25, 0.3) is 0 Å². The van der Waals surface area contributed by atoms with Crippen molar-refractivity contribution in [1.82, 2.24) is 4.98 Å². The molecule has 0 atom stereocenters. The van der Waals surface area contributed by atoms with Gasteiger partial charge in [0.15, 0.2) is 0 Å². The molecule has 0 aliphatic heterocycles. The molecule has 3 aromatic carbocycles. The SMILES string of the molecule is Oc1ccccc1C=Nc1ccccc1SCc1csc(-c2ccc(Cl)cc2)n1. The number of thioether (sulfide) groups is 1. The molecule has 6 heteroatoms. The Kier molecular flexibility index (Phi) is 6.30. The minimum atomic E-state index is 0.221. The van der Waals surface area contributed by atoms with E-state index in [4.69, 9.17) is 16.6 Å². The minimum absolute atomic E-state index is 0.221. The van der Waals surface area contributed by atoms with E-state index in [0.29, 0.717) is 5.56 Å². The van der Waals surface area contributed by atoms with E-state index in [2.05, 4.69) is 16.4 Å². The zero-order valence-corrected chi connectivity index (χ0v) is 17.7. The van der Waals surface area contributed by atoms with E-state index in [1.165, 1.54) is 0 Å². The lowest BCUT2D eigenvalue weighted by atomic mass is 10.2. The van der Waals surface area contributed by atoms with Gasteiger partial charge in [0, 0.05) is 38.4 Å². The molecule has 0 bridgehead atoms. The van der Waals surface area contributed by atoms with Gasteiger partial charge in [0.05, 0.1) is 11.4 Å². The van der Waals surface area contributed by atoms with Crippen molar-refractivity contribution in [1.29, 1.82) is 0 Å². The number of phenolic OH excluding ortho intramolecular Hbond substituents is 1. The number of thiazole rings is 1. The number of rotatable bonds is 6. The lowest BCUT2D eigenvalue weighted by Crippen LogP contribution is -1.84. The van der Waals surface area contributed by atoms with Crippen LogP contribution in [0.5, 0.6) is 5.75 Å². The van der Waals surface area contributed by atoms with Crippen LogP contribution >= 0.6 is 34.7 Å². The summed E-state index contributed by atoms with van der Waals surface area (Å²) >= 11 is 9.29. The van der Waals surface area contributed by atoms with Crippen molar-refractivity contribution in [3.63, 3.8) is 0 Å². The number of aliphatic imine (C=N–C) groups is 1. The second-order valence-electron chi connectivity index (χ2n) is 6.22. The van der Waals surface area contributed by atoms with Crippen LogP contribution in [0.1, 0.15) is 11.3 Å². The van der Waals surface area contributed by atoms with E-state index in [9.17, 15) is 5.11 Å². The molecule has 0 saturated carbocycles. The Morgan fingerprint density at radius 3 is 2.59 bits per heavy atom. The molecule has 0 unspecified atom stereocenters. The maximum Gasteiger partial charge on any atom is 0.124 e. The predicted octanol–water partition coefficient (Wildman–Crippen LogP) is 7.21. The van der Waals surface area contributed by atoms with Crippen LogP contribution in [-0.2, 0) is 5.75 Å². The van der Waals surface area contributed by atoms with Gasteiger partial charge >= 0.3 is 0 Å². The van der Waals surface area contributed by atoms with E-state index in [1.54, 1.807) is 41.4 Å². The van der Waals surface area contributed by atoms with Crippen molar-refractivity contribution in [2.24, 2.45) is 4.99 Å². The summed E-state index contributed by atoms with van der Waals surface area (Å²) in [6.07, 6.45) is 1.69. The van der Waals surface area contributed by atoms with Gasteiger partial charge < -0.3 is 5.11 Å². The summed E-state index contributed by atoms with van der Waals surface area (Å²) in [5.74, 6) is 0.978. The van der Waals surface area contributed by atoms with Crippen LogP contribution in [0.25, 0.3) is 10.6 Å². The summed E-state index contributed by atoms with van der Waals surface area (Å²) in [5.41, 5.74) is 3.67. The molecular weight excluding hydrogens is 420 g/mol. The van der Waals surface area contributed by atoms with Crippen LogP contribution < -0.4 is 0 Å². The number of aromatic hydroxyl groups is 1. The topological polar surface area (TPSA) is 45.5 Å². The second-order valence-corrected chi connectivity index (χ2v) is 8.54. The van der Waals surface area contributed by atoms with Crippen LogP contribution in [0.4, 0.5) is 5.69 Å². The van der Waals surface area contributed by atoms with E-state index in [0.717, 1.165) is 37.6 Å². The highest BCUT2D eigenvalue weighted by Gasteiger charge is 2.07. The zero-order valence-electron chi connectivity index (χ0n) is 15.3. The van der Waals surface area contributed by atoms with Gasteiger partial charge in [-0.15, -0.1) is 23.1 Å². The fourth-order valence-electron chi connectivity index (χ4n) is 2.67. The summed E-state index contributed by atoms with van der Waals surface area (Å²) in [4.78, 5) is 10.4. The molecule has 4 rings (SSSR count). The molecule has 1 N–H and O–H groups in total. The van der Waals surface area contributed by atoms with E-state index in [-0.39, 0.29) is 5.75 Å². The summed E-state index contributed by atoms with van der Waals surface area (Å²) in [7, 11) is 0. The molecule has 1 heterocycles. The third-order valence-electron chi connectivity index (χ3n) is 4.16. The first kappa shape index (κ1) is 19.7. The average molecular weight is 437 g/mol. The Bertz CT molecular complexity index is 1140. The number of benzene rings is 3. The van der Waals surface area contributed by atoms with Gasteiger partial charge in [-0.2, -0.15) is 0 Å². The Hall–Kier alpha value is -2.60. The maximum absolute atomic E-state index is 9.91. The molecule has 0 aliphatic carbocycles. The first-order valence-electron chi connectivity index (χ1n) is 8.93. The predicted molar refractivity (Wildman–Crippen MR) is 124 cm³/mol. The zero-order chi connectivity index (χ0) is 20.1. The minimum Gasteiger partial charge on any atom is -0.507 e. The van der Waals surface area contributed by atoms with Crippen molar-refractivity contribution < 1.29 is 5.11 Å². The lowest BCUT2D eigenvalue weighted by molar-refractivity contribution is 0.474. The fourth-order valence-corrected chi connectivity index (χ4v) is 4.62. The standard InChI is InChI=1S/C23H17ClN2OS2/c24-18-11-9-16(10-12-18)23-26-19(15-29-23)14-28-22-8-4-2-6-20(22)25-13-17-5-1-3-7-21(17)27/h1-13,15,27H,14H2. The van der Waals surface area contributed by atoms with Gasteiger partial charge in [0.2, 0.25) is 0 Å². The van der Waals surface area contributed by atoms with Crippen molar-refractivity contribution in [2.45, 2.75) is 10.6 Å². The highest BCUT2D eigenvalue weighted by atomic mass is 35.5. The number of hydrogen-bond acceptors (Lipinski definition) is 5. The van der Waals surface area contributed by atoms with Crippen molar-refractivity contribution >= 4 is 46.6 Å². The molecule has 0 spiro atoms. The quantitative estimate of drug-likeness (QED) is 0.256. The van der Waals surface area contributed by atoms with Gasteiger partial charge in [-0.25, -0.2) is 4.98 Å². The first-order valence-corrected chi connectivity index (χ1v) is 11.2. The third kappa shape index (κ3) is 5.07. The van der Waals surface area contributed by atoms with Gasteiger partial charge in [-0.3, -0.25) is 4.99 Å². The van der Waals surface area contributed by atoms with Gasteiger partial charge in [0.1, 0.15) is 10.8 Å². The molecule has 0 aliphatic rings. The fraction of sp³-hybridized carbons (Fsp3) is 0.0435. The van der Waals surface area contributed by atoms with Gasteiger partial charge in [-0.05, 0) is 36.4 Å². The molecule has 3 nitrogen and oxygen atoms in total. The van der Waals surface area contributed by atoms with Crippen molar-refractivity contribution in [3.05, 3.63) is 94.5 Å². The molecule has 0 fully saturated rings. The molecule has 29 heavy (non-hydrogen) atoms. The van der Waals surface area contributed by atoms with Crippen LogP contribution in [0.15, 0.2) is 88.1 Å². The molecule has 0 amide bonds. The van der Waals surface area contributed by atoms with Crippen LogP contribution in [-0.4, -0.2) is 16.3 Å². The molecule has 4 aromatic rings. The Morgan fingerprint density at radius 1 is 1.00 bits per heavy atom. The van der Waals surface area contributed by atoms with Gasteiger partial charge in [-0.1, -0.05) is 48.0 Å². The third-order valence-corrected chi connectivity index (χ3v) is 6.45. The maximum atomic E-state index is 9.91. The lowest BCUT2D eigenvalue weighted by Gasteiger charge is -2.04. The highest BCUT2D eigenvalue weighted by Crippen LogP contribution is 2.33. The summed E-state index contributed by atoms with van der Waals surface area (Å²) in [5, 5.41) is 13.7. The normalized spacial score (nSPS) is 11.2. The van der Waals surface area contributed by atoms with E-state index >= 15 is 0 Å². The number of hydrogen-bond donors (Lipinski definition) is 1. The smallest absolute Gasteiger partial charge is 0.124 e. The molecule has 1 aromatic heterocycles. The molecule has 0 saturated heterocycles. The largest absolute Gasteiger partial charge is 0.507 e.